The number of carbonyl (C=O) groups excluding carboxylic acids is 1. The van der Waals surface area contributed by atoms with E-state index in [0.29, 0.717) is 11.4 Å². The molecule has 0 radical (unpaired) electrons. The smallest absolute Gasteiger partial charge is 0.219 e. The lowest BCUT2D eigenvalue weighted by atomic mass is 10.2. The Hall–Kier alpha value is -2.16. The molecule has 0 fully saturated rings. The molecule has 0 N–H and O–H groups in total. The molecule has 80 valence electrons. The van der Waals surface area contributed by atoms with Gasteiger partial charge in [0.1, 0.15) is 5.75 Å². The summed E-state index contributed by atoms with van der Waals surface area (Å²) in [6.45, 7) is 1.51. The van der Waals surface area contributed by atoms with Crippen molar-refractivity contribution in [3.05, 3.63) is 54.2 Å². The maximum absolute atomic E-state index is 11.0. The summed E-state index contributed by atoms with van der Waals surface area (Å²) >= 11 is 0. The quantitative estimate of drug-likeness (QED) is 0.735. The highest BCUT2D eigenvalue weighted by atomic mass is 16.5. The average molecular weight is 213 g/mol. The molecule has 0 aliphatic heterocycles. The van der Waals surface area contributed by atoms with Crippen LogP contribution in [0.1, 0.15) is 17.3 Å². The van der Waals surface area contributed by atoms with E-state index in [1.807, 2.05) is 30.3 Å². The molecule has 0 saturated heterocycles. The summed E-state index contributed by atoms with van der Waals surface area (Å²) in [5, 5.41) is 0. The Morgan fingerprint density at radius 3 is 2.44 bits per heavy atom. The minimum absolute atomic E-state index is 0.00115. The first-order chi connectivity index (χ1) is 7.75. The fourth-order valence-corrected chi connectivity index (χ4v) is 1.26. The van der Waals surface area contributed by atoms with Gasteiger partial charge >= 0.3 is 0 Å². The second-order valence-corrected chi connectivity index (χ2v) is 3.36. The summed E-state index contributed by atoms with van der Waals surface area (Å²) < 4.78 is 5.49. The van der Waals surface area contributed by atoms with Crippen LogP contribution >= 0.6 is 0 Å². The number of ether oxygens (including phenoxy) is 1. The van der Waals surface area contributed by atoms with E-state index >= 15 is 0 Å². The molecule has 0 aliphatic carbocycles. The van der Waals surface area contributed by atoms with Crippen LogP contribution in [0.3, 0.4) is 0 Å². The molecule has 1 aromatic heterocycles. The molecule has 2 rings (SSSR count). The molecule has 0 atom stereocenters. The molecule has 16 heavy (non-hydrogen) atoms. The number of carbonyl (C=O) groups is 1. The SMILES string of the molecule is CC(=O)c1ccc(Oc2ccccc2)nc1. The summed E-state index contributed by atoms with van der Waals surface area (Å²) in [4.78, 5) is 15.1. The predicted octanol–water partition coefficient (Wildman–Crippen LogP) is 3.08. The molecule has 3 heteroatoms. The number of hydrogen-bond acceptors (Lipinski definition) is 3. The van der Waals surface area contributed by atoms with Gasteiger partial charge in [-0.1, -0.05) is 18.2 Å². The Morgan fingerprint density at radius 2 is 1.88 bits per heavy atom. The maximum atomic E-state index is 11.0. The fraction of sp³-hybridized carbons (Fsp3) is 0.0769. The Bertz CT molecular complexity index is 477. The number of nitrogens with zero attached hydrogens (tertiary/aromatic N) is 1. The van der Waals surface area contributed by atoms with E-state index in [1.165, 1.54) is 13.1 Å². The fourth-order valence-electron chi connectivity index (χ4n) is 1.26. The van der Waals surface area contributed by atoms with Gasteiger partial charge in [0.25, 0.3) is 0 Å². The molecule has 3 nitrogen and oxygen atoms in total. The van der Waals surface area contributed by atoms with Crippen molar-refractivity contribution in [2.75, 3.05) is 0 Å². The Morgan fingerprint density at radius 1 is 1.12 bits per heavy atom. The average Bonchev–Trinajstić information content (AvgIpc) is 2.31. The Kier molecular flexibility index (Phi) is 2.96. The van der Waals surface area contributed by atoms with E-state index in [9.17, 15) is 4.79 Å². The zero-order chi connectivity index (χ0) is 11.4. The van der Waals surface area contributed by atoms with Crippen LogP contribution in [0.4, 0.5) is 0 Å². The van der Waals surface area contributed by atoms with Crippen molar-refractivity contribution in [3.8, 4) is 11.6 Å². The van der Waals surface area contributed by atoms with Crippen molar-refractivity contribution in [3.63, 3.8) is 0 Å². The van der Waals surface area contributed by atoms with Gasteiger partial charge in [-0.15, -0.1) is 0 Å². The van der Waals surface area contributed by atoms with Crippen LogP contribution in [-0.4, -0.2) is 10.8 Å². The van der Waals surface area contributed by atoms with E-state index in [-0.39, 0.29) is 5.78 Å². The first-order valence-electron chi connectivity index (χ1n) is 4.95. The van der Waals surface area contributed by atoms with Gasteiger partial charge in [0, 0.05) is 17.8 Å². The largest absolute Gasteiger partial charge is 0.439 e. The summed E-state index contributed by atoms with van der Waals surface area (Å²) in [5.41, 5.74) is 0.584. The predicted molar refractivity (Wildman–Crippen MR) is 60.8 cm³/mol. The van der Waals surface area contributed by atoms with Crippen LogP contribution in [0.15, 0.2) is 48.7 Å². The van der Waals surface area contributed by atoms with Gasteiger partial charge in [0.05, 0.1) is 0 Å². The molecule has 0 spiro atoms. The molecule has 0 saturated carbocycles. The maximum Gasteiger partial charge on any atom is 0.219 e. The number of rotatable bonds is 3. The third-order valence-corrected chi connectivity index (χ3v) is 2.11. The minimum atomic E-state index is -0.00115. The van der Waals surface area contributed by atoms with E-state index in [4.69, 9.17) is 4.74 Å². The monoisotopic (exact) mass is 213 g/mol. The van der Waals surface area contributed by atoms with Crippen LogP contribution in [0.25, 0.3) is 0 Å². The van der Waals surface area contributed by atoms with Crippen LogP contribution in [-0.2, 0) is 0 Å². The molecule has 0 unspecified atom stereocenters. The number of aromatic nitrogens is 1. The number of benzene rings is 1. The van der Waals surface area contributed by atoms with Crippen LogP contribution in [0, 0.1) is 0 Å². The lowest BCUT2D eigenvalue weighted by molar-refractivity contribution is 0.101. The van der Waals surface area contributed by atoms with Crippen molar-refractivity contribution in [1.29, 1.82) is 0 Å². The number of para-hydroxylation sites is 1. The van der Waals surface area contributed by atoms with Gasteiger partial charge in [0.2, 0.25) is 5.88 Å². The van der Waals surface area contributed by atoms with Crippen LogP contribution in [0.2, 0.25) is 0 Å². The molecule has 0 bridgehead atoms. The number of ketones is 1. The van der Waals surface area contributed by atoms with Gasteiger partial charge in [-0.2, -0.15) is 0 Å². The Labute approximate surface area is 93.7 Å². The highest BCUT2D eigenvalue weighted by Crippen LogP contribution is 2.18. The number of Topliss-reactive ketones (excluding diaryl/α,β-unsaturated/α-hetero) is 1. The zero-order valence-corrected chi connectivity index (χ0v) is 8.88. The lowest BCUT2D eigenvalue weighted by Crippen LogP contribution is -1.94. The third kappa shape index (κ3) is 2.45. The topological polar surface area (TPSA) is 39.2 Å². The number of pyridine rings is 1. The van der Waals surface area contributed by atoms with E-state index in [0.717, 1.165) is 5.75 Å². The van der Waals surface area contributed by atoms with Gasteiger partial charge in [-0.25, -0.2) is 4.98 Å². The highest BCUT2D eigenvalue weighted by Gasteiger charge is 2.01. The van der Waals surface area contributed by atoms with Crippen LogP contribution in [0.5, 0.6) is 11.6 Å². The molecule has 1 aromatic carbocycles. The standard InChI is InChI=1S/C13H11NO2/c1-10(15)11-7-8-13(14-9-11)16-12-5-3-2-4-6-12/h2-9H,1H3. The summed E-state index contributed by atoms with van der Waals surface area (Å²) in [6, 6.07) is 12.8. The molecule has 1 heterocycles. The molecule has 0 amide bonds. The van der Waals surface area contributed by atoms with Crippen molar-refractivity contribution < 1.29 is 9.53 Å². The molecule has 0 aliphatic rings. The second-order valence-electron chi connectivity index (χ2n) is 3.36. The van der Waals surface area contributed by atoms with Crippen molar-refractivity contribution >= 4 is 5.78 Å². The summed E-state index contributed by atoms with van der Waals surface area (Å²) in [5.74, 6) is 1.21. The van der Waals surface area contributed by atoms with Crippen LogP contribution < -0.4 is 4.74 Å². The summed E-state index contributed by atoms with van der Waals surface area (Å²) in [6.07, 6.45) is 1.51. The normalized spacial score (nSPS) is 9.81. The zero-order valence-electron chi connectivity index (χ0n) is 8.88. The first-order valence-corrected chi connectivity index (χ1v) is 4.95. The molecular formula is C13H11NO2. The van der Waals surface area contributed by atoms with Crippen molar-refractivity contribution in [2.45, 2.75) is 6.92 Å². The van der Waals surface area contributed by atoms with Crippen molar-refractivity contribution in [1.82, 2.24) is 4.98 Å². The highest BCUT2D eigenvalue weighted by molar-refractivity contribution is 5.93. The molecule has 2 aromatic rings. The van der Waals surface area contributed by atoms with Crippen molar-refractivity contribution in [2.24, 2.45) is 0 Å². The Balaban J connectivity index is 2.14. The van der Waals surface area contributed by atoms with E-state index in [1.54, 1.807) is 12.1 Å². The van der Waals surface area contributed by atoms with Gasteiger partial charge in [-0.05, 0) is 25.1 Å². The minimum Gasteiger partial charge on any atom is -0.439 e. The molecular weight excluding hydrogens is 202 g/mol. The van der Waals surface area contributed by atoms with E-state index in [2.05, 4.69) is 4.98 Å². The number of hydrogen-bond donors (Lipinski definition) is 0. The van der Waals surface area contributed by atoms with Gasteiger partial charge < -0.3 is 4.74 Å². The lowest BCUT2D eigenvalue weighted by Gasteiger charge is -2.04. The summed E-state index contributed by atoms with van der Waals surface area (Å²) in [7, 11) is 0. The third-order valence-electron chi connectivity index (χ3n) is 2.11. The second kappa shape index (κ2) is 4.57. The first kappa shape index (κ1) is 10.4. The van der Waals surface area contributed by atoms with Gasteiger partial charge in [0.15, 0.2) is 5.78 Å². The van der Waals surface area contributed by atoms with E-state index < -0.39 is 0 Å². The van der Waals surface area contributed by atoms with Gasteiger partial charge in [-0.3, -0.25) is 4.79 Å².